The standard InChI is InChI=1S/C5H12N2.ClH.2H2O/c1-7-4-2-6-3-5-7;;;/h6H,2-5H2,1H3;1H;2*1H2. The van der Waals surface area contributed by atoms with Crippen LogP contribution >= 0.6 is 12.4 Å². The van der Waals surface area contributed by atoms with E-state index in [0.29, 0.717) is 0 Å². The molecule has 10 heavy (non-hydrogen) atoms. The van der Waals surface area contributed by atoms with Crippen molar-refractivity contribution >= 4 is 12.4 Å². The quantitative estimate of drug-likeness (QED) is 0.473. The summed E-state index contributed by atoms with van der Waals surface area (Å²) in [6.07, 6.45) is 0. The first-order valence-electron chi connectivity index (χ1n) is 2.79. The Balaban J connectivity index is -0.000000163. The van der Waals surface area contributed by atoms with Gasteiger partial charge in [-0.15, -0.1) is 12.4 Å². The first-order chi connectivity index (χ1) is 3.39. The molecule has 1 saturated heterocycles. The van der Waals surface area contributed by atoms with E-state index in [-0.39, 0.29) is 23.4 Å². The Bertz CT molecular complexity index is 59.6. The van der Waals surface area contributed by atoms with Gasteiger partial charge in [0.1, 0.15) is 0 Å². The number of piperazine rings is 1. The molecule has 0 saturated carbocycles. The molecule has 0 radical (unpaired) electrons. The van der Waals surface area contributed by atoms with Crippen LogP contribution in [0.15, 0.2) is 0 Å². The van der Waals surface area contributed by atoms with Crippen LogP contribution in [0.25, 0.3) is 0 Å². The summed E-state index contributed by atoms with van der Waals surface area (Å²) in [5.74, 6) is 0. The zero-order chi connectivity index (χ0) is 5.11. The van der Waals surface area contributed by atoms with Gasteiger partial charge in [0.05, 0.1) is 0 Å². The summed E-state index contributed by atoms with van der Waals surface area (Å²) in [5.41, 5.74) is 0. The van der Waals surface area contributed by atoms with Crippen molar-refractivity contribution in [3.63, 3.8) is 0 Å². The van der Waals surface area contributed by atoms with Gasteiger partial charge in [0.25, 0.3) is 0 Å². The van der Waals surface area contributed by atoms with Crippen LogP contribution < -0.4 is 5.32 Å². The molecule has 66 valence electrons. The lowest BCUT2D eigenvalue weighted by atomic mass is 10.4. The topological polar surface area (TPSA) is 78.3 Å². The highest BCUT2D eigenvalue weighted by molar-refractivity contribution is 5.85. The van der Waals surface area contributed by atoms with Crippen molar-refractivity contribution in [3.05, 3.63) is 0 Å². The number of rotatable bonds is 0. The van der Waals surface area contributed by atoms with Crippen LogP contribution in [0.1, 0.15) is 0 Å². The first kappa shape index (κ1) is 16.6. The summed E-state index contributed by atoms with van der Waals surface area (Å²) in [6.45, 7) is 4.74. The van der Waals surface area contributed by atoms with Gasteiger partial charge in [-0.05, 0) is 7.05 Å². The molecule has 0 amide bonds. The van der Waals surface area contributed by atoms with Gasteiger partial charge in [-0.25, -0.2) is 0 Å². The molecule has 0 bridgehead atoms. The van der Waals surface area contributed by atoms with E-state index >= 15 is 0 Å². The van der Waals surface area contributed by atoms with E-state index in [2.05, 4.69) is 17.3 Å². The van der Waals surface area contributed by atoms with Gasteiger partial charge >= 0.3 is 0 Å². The number of nitrogens with zero attached hydrogens (tertiary/aromatic N) is 1. The van der Waals surface area contributed by atoms with Crippen LogP contribution in [0.3, 0.4) is 0 Å². The largest absolute Gasteiger partial charge is 0.412 e. The summed E-state index contributed by atoms with van der Waals surface area (Å²) in [6, 6.07) is 0. The Morgan fingerprint density at radius 1 is 1.10 bits per heavy atom. The molecular weight excluding hydrogens is 156 g/mol. The Morgan fingerprint density at radius 3 is 1.70 bits per heavy atom. The minimum absolute atomic E-state index is 0. The van der Waals surface area contributed by atoms with Gasteiger partial charge in [0.15, 0.2) is 0 Å². The van der Waals surface area contributed by atoms with Gasteiger partial charge < -0.3 is 21.2 Å². The average molecular weight is 173 g/mol. The molecule has 0 aromatic carbocycles. The summed E-state index contributed by atoms with van der Waals surface area (Å²) >= 11 is 0. The Morgan fingerprint density at radius 2 is 1.50 bits per heavy atom. The SMILES string of the molecule is CN1CCNCC1.Cl.O.O. The Labute approximate surface area is 67.6 Å². The van der Waals surface area contributed by atoms with Crippen molar-refractivity contribution in [2.45, 2.75) is 0 Å². The van der Waals surface area contributed by atoms with Crippen LogP contribution in [0.5, 0.6) is 0 Å². The maximum atomic E-state index is 3.27. The number of nitrogens with one attached hydrogen (secondary N) is 1. The zero-order valence-electron chi connectivity index (χ0n) is 6.18. The van der Waals surface area contributed by atoms with Crippen LogP contribution in [-0.2, 0) is 0 Å². The summed E-state index contributed by atoms with van der Waals surface area (Å²) in [7, 11) is 2.15. The second kappa shape index (κ2) is 9.13. The molecule has 1 heterocycles. The summed E-state index contributed by atoms with van der Waals surface area (Å²) < 4.78 is 0. The predicted molar refractivity (Wildman–Crippen MR) is 44.8 cm³/mol. The third-order valence-corrected chi connectivity index (χ3v) is 1.34. The fourth-order valence-electron chi connectivity index (χ4n) is 0.777. The molecule has 5 N–H and O–H groups in total. The van der Waals surface area contributed by atoms with Crippen LogP contribution in [0.4, 0.5) is 0 Å². The number of hydrogen-bond donors (Lipinski definition) is 1. The fraction of sp³-hybridized carbons (Fsp3) is 1.00. The first-order valence-corrected chi connectivity index (χ1v) is 2.79. The zero-order valence-corrected chi connectivity index (χ0v) is 7.00. The monoisotopic (exact) mass is 172 g/mol. The third-order valence-electron chi connectivity index (χ3n) is 1.34. The van der Waals surface area contributed by atoms with Gasteiger partial charge in [0.2, 0.25) is 0 Å². The smallest absolute Gasteiger partial charge is 0.0104 e. The second-order valence-corrected chi connectivity index (χ2v) is 2.05. The Hall–Kier alpha value is 0.130. The molecule has 1 fully saturated rings. The maximum Gasteiger partial charge on any atom is 0.0104 e. The third kappa shape index (κ3) is 6.25. The normalized spacial score (nSPS) is 17.7. The molecule has 4 nitrogen and oxygen atoms in total. The number of hydrogen-bond acceptors (Lipinski definition) is 2. The second-order valence-electron chi connectivity index (χ2n) is 2.05. The Kier molecular flexibility index (Phi) is 15.2. The minimum Gasteiger partial charge on any atom is -0.412 e. The van der Waals surface area contributed by atoms with Gasteiger partial charge in [-0.3, -0.25) is 0 Å². The van der Waals surface area contributed by atoms with Gasteiger partial charge in [0, 0.05) is 26.2 Å². The van der Waals surface area contributed by atoms with Crippen LogP contribution in [-0.4, -0.2) is 49.1 Å². The van der Waals surface area contributed by atoms with Crippen molar-refractivity contribution in [1.29, 1.82) is 0 Å². The molecule has 0 unspecified atom stereocenters. The minimum atomic E-state index is 0. The molecule has 0 atom stereocenters. The molecule has 5 heteroatoms. The van der Waals surface area contributed by atoms with Crippen LogP contribution in [0.2, 0.25) is 0 Å². The molecule has 0 aliphatic carbocycles. The van der Waals surface area contributed by atoms with Crippen molar-refractivity contribution in [2.75, 3.05) is 33.2 Å². The molecule has 1 aliphatic heterocycles. The highest BCUT2D eigenvalue weighted by Crippen LogP contribution is 1.82. The molecule has 0 aromatic heterocycles. The highest BCUT2D eigenvalue weighted by Gasteiger charge is 2.01. The van der Waals surface area contributed by atoms with Gasteiger partial charge in [-0.2, -0.15) is 0 Å². The lowest BCUT2D eigenvalue weighted by molar-refractivity contribution is 0.291. The van der Waals surface area contributed by atoms with E-state index < -0.39 is 0 Å². The fourth-order valence-corrected chi connectivity index (χ4v) is 0.777. The van der Waals surface area contributed by atoms with E-state index in [1.54, 1.807) is 0 Å². The molecule has 0 aromatic rings. The number of halogens is 1. The van der Waals surface area contributed by atoms with Crippen molar-refractivity contribution in [2.24, 2.45) is 0 Å². The number of likely N-dealkylation sites (N-methyl/N-ethyl adjacent to an activating group) is 1. The lowest BCUT2D eigenvalue weighted by Gasteiger charge is -2.21. The molecule has 1 aliphatic rings. The maximum absolute atomic E-state index is 3.27. The lowest BCUT2D eigenvalue weighted by Crippen LogP contribution is -2.40. The van der Waals surface area contributed by atoms with E-state index in [1.165, 1.54) is 13.1 Å². The average Bonchev–Trinajstić information content (AvgIpc) is 1.69. The molecule has 1 rings (SSSR count). The van der Waals surface area contributed by atoms with E-state index in [4.69, 9.17) is 0 Å². The van der Waals surface area contributed by atoms with Crippen molar-refractivity contribution < 1.29 is 11.0 Å². The van der Waals surface area contributed by atoms with E-state index in [1.807, 2.05) is 0 Å². The highest BCUT2D eigenvalue weighted by atomic mass is 35.5. The summed E-state index contributed by atoms with van der Waals surface area (Å²) in [5, 5.41) is 3.27. The molecule has 0 spiro atoms. The predicted octanol–water partition coefficient (Wildman–Crippen LogP) is -1.71. The summed E-state index contributed by atoms with van der Waals surface area (Å²) in [4.78, 5) is 2.33. The van der Waals surface area contributed by atoms with Crippen LogP contribution in [0, 0.1) is 0 Å². The van der Waals surface area contributed by atoms with E-state index in [0.717, 1.165) is 13.1 Å². The van der Waals surface area contributed by atoms with Crippen molar-refractivity contribution in [1.82, 2.24) is 10.2 Å². The van der Waals surface area contributed by atoms with Crippen molar-refractivity contribution in [3.8, 4) is 0 Å². The molecular formula is C5H17ClN2O2. The van der Waals surface area contributed by atoms with E-state index in [9.17, 15) is 0 Å². The van der Waals surface area contributed by atoms with Gasteiger partial charge in [-0.1, -0.05) is 0 Å².